The summed E-state index contributed by atoms with van der Waals surface area (Å²) in [5.41, 5.74) is -0.122. The van der Waals surface area contributed by atoms with Crippen LogP contribution in [0.25, 0.3) is 0 Å². The number of hydrogen-bond acceptors (Lipinski definition) is 4. The summed E-state index contributed by atoms with van der Waals surface area (Å²) in [7, 11) is 1.56. The van der Waals surface area contributed by atoms with Gasteiger partial charge in [-0.05, 0) is 47.2 Å². The van der Waals surface area contributed by atoms with Crippen molar-refractivity contribution in [2.75, 3.05) is 30.8 Å². The van der Waals surface area contributed by atoms with Crippen LogP contribution >= 0.6 is 15.9 Å². The molecule has 6 nitrogen and oxygen atoms in total. The van der Waals surface area contributed by atoms with Crippen molar-refractivity contribution in [2.45, 2.75) is 0 Å². The largest absolute Gasteiger partial charge is 0.322 e. The fraction of sp³-hybridized carbons (Fsp3) is 0.188. The first-order valence-corrected chi connectivity index (χ1v) is 7.97. The maximum Gasteiger partial charge on any atom is 0.239 e. The van der Waals surface area contributed by atoms with Crippen molar-refractivity contribution >= 4 is 39.2 Å². The monoisotopic (exact) mass is 412 g/mol. The third-order valence-corrected chi connectivity index (χ3v) is 3.50. The highest BCUT2D eigenvalue weighted by Gasteiger charge is 2.13. The molecular formula is C16H15BrF2N4O2. The first-order valence-electron chi connectivity index (χ1n) is 7.18. The van der Waals surface area contributed by atoms with Gasteiger partial charge in [0.15, 0.2) is 0 Å². The van der Waals surface area contributed by atoms with Crippen LogP contribution in [-0.2, 0) is 9.59 Å². The minimum absolute atomic E-state index is 0.0585. The fourth-order valence-corrected chi connectivity index (χ4v) is 2.19. The predicted octanol–water partition coefficient (Wildman–Crippen LogP) is 2.63. The zero-order valence-electron chi connectivity index (χ0n) is 13.2. The first kappa shape index (κ1) is 18.9. The molecule has 1 heterocycles. The number of aromatic nitrogens is 1. The number of halogens is 3. The molecular weight excluding hydrogens is 398 g/mol. The van der Waals surface area contributed by atoms with Crippen molar-refractivity contribution in [1.82, 2.24) is 9.88 Å². The average Bonchev–Trinajstić information content (AvgIpc) is 2.52. The highest BCUT2D eigenvalue weighted by atomic mass is 79.9. The number of anilines is 2. The molecule has 25 heavy (non-hydrogen) atoms. The van der Waals surface area contributed by atoms with Gasteiger partial charge in [-0.25, -0.2) is 13.8 Å². The van der Waals surface area contributed by atoms with Crippen molar-refractivity contribution in [3.63, 3.8) is 0 Å². The lowest BCUT2D eigenvalue weighted by Crippen LogP contribution is -2.36. The van der Waals surface area contributed by atoms with Crippen molar-refractivity contribution in [1.29, 1.82) is 0 Å². The van der Waals surface area contributed by atoms with E-state index in [-0.39, 0.29) is 24.7 Å². The summed E-state index contributed by atoms with van der Waals surface area (Å²) in [5, 5.41) is 4.92. The SMILES string of the molecule is CN(CC(=O)Nc1ccc(Br)cn1)CC(=O)Nc1ccc(F)cc1F. The molecule has 0 atom stereocenters. The van der Waals surface area contributed by atoms with E-state index in [1.165, 1.54) is 4.90 Å². The number of benzene rings is 1. The van der Waals surface area contributed by atoms with Crippen LogP contribution in [0.1, 0.15) is 0 Å². The fourth-order valence-electron chi connectivity index (χ4n) is 1.96. The quantitative estimate of drug-likeness (QED) is 0.764. The Morgan fingerprint density at radius 3 is 2.40 bits per heavy atom. The Morgan fingerprint density at radius 2 is 1.80 bits per heavy atom. The topological polar surface area (TPSA) is 74.3 Å². The number of nitrogens with zero attached hydrogens (tertiary/aromatic N) is 2. The molecule has 2 amide bonds. The lowest BCUT2D eigenvalue weighted by molar-refractivity contribution is -0.119. The summed E-state index contributed by atoms with van der Waals surface area (Å²) in [6.07, 6.45) is 1.55. The van der Waals surface area contributed by atoms with Gasteiger partial charge in [-0.2, -0.15) is 0 Å². The van der Waals surface area contributed by atoms with Gasteiger partial charge >= 0.3 is 0 Å². The second-order valence-corrected chi connectivity index (χ2v) is 6.17. The molecule has 1 aromatic heterocycles. The number of hydrogen-bond donors (Lipinski definition) is 2. The Bertz CT molecular complexity index is 771. The molecule has 0 radical (unpaired) electrons. The summed E-state index contributed by atoms with van der Waals surface area (Å²) < 4.78 is 27.1. The number of carbonyl (C=O) groups is 2. The van der Waals surface area contributed by atoms with Crippen molar-refractivity contribution < 1.29 is 18.4 Å². The third kappa shape index (κ3) is 6.20. The van der Waals surface area contributed by atoms with Gasteiger partial charge in [0.25, 0.3) is 0 Å². The average molecular weight is 413 g/mol. The second kappa shape index (κ2) is 8.63. The van der Waals surface area contributed by atoms with Crippen LogP contribution in [0.5, 0.6) is 0 Å². The molecule has 0 aliphatic carbocycles. The Kier molecular flexibility index (Phi) is 6.54. The summed E-state index contributed by atoms with van der Waals surface area (Å²) >= 11 is 3.24. The molecule has 0 aliphatic rings. The number of amides is 2. The number of rotatable bonds is 6. The van der Waals surface area contributed by atoms with Crippen LogP contribution in [0, 0.1) is 11.6 Å². The van der Waals surface area contributed by atoms with Crippen LogP contribution in [0.4, 0.5) is 20.3 Å². The van der Waals surface area contributed by atoms with E-state index in [1.54, 1.807) is 25.4 Å². The highest BCUT2D eigenvalue weighted by Crippen LogP contribution is 2.14. The van der Waals surface area contributed by atoms with E-state index >= 15 is 0 Å². The van der Waals surface area contributed by atoms with E-state index in [0.717, 1.165) is 16.6 Å². The van der Waals surface area contributed by atoms with E-state index < -0.39 is 17.5 Å². The molecule has 1 aromatic carbocycles. The first-order chi connectivity index (χ1) is 11.8. The number of nitrogens with one attached hydrogen (secondary N) is 2. The molecule has 132 valence electrons. The number of pyridine rings is 1. The molecule has 9 heteroatoms. The smallest absolute Gasteiger partial charge is 0.239 e. The van der Waals surface area contributed by atoms with Crippen molar-refractivity contribution in [3.05, 3.63) is 52.6 Å². The van der Waals surface area contributed by atoms with Crippen LogP contribution < -0.4 is 10.6 Å². The summed E-state index contributed by atoms with van der Waals surface area (Å²) in [6, 6.07) is 6.22. The van der Waals surface area contributed by atoms with E-state index in [4.69, 9.17) is 0 Å². The number of carbonyl (C=O) groups excluding carboxylic acids is 2. The maximum absolute atomic E-state index is 13.5. The summed E-state index contributed by atoms with van der Waals surface area (Å²) in [6.45, 7) is -0.199. The molecule has 0 fully saturated rings. The summed E-state index contributed by atoms with van der Waals surface area (Å²) in [4.78, 5) is 29.2. The lowest BCUT2D eigenvalue weighted by atomic mass is 10.3. The molecule has 0 spiro atoms. The molecule has 0 unspecified atom stereocenters. The van der Waals surface area contributed by atoms with Gasteiger partial charge in [-0.15, -0.1) is 0 Å². The van der Waals surface area contributed by atoms with Gasteiger partial charge in [0.1, 0.15) is 17.5 Å². The predicted molar refractivity (Wildman–Crippen MR) is 93.1 cm³/mol. The van der Waals surface area contributed by atoms with Gasteiger partial charge in [-0.3, -0.25) is 14.5 Å². The van der Waals surface area contributed by atoms with Crippen molar-refractivity contribution in [2.24, 2.45) is 0 Å². The maximum atomic E-state index is 13.5. The van der Waals surface area contributed by atoms with Gasteiger partial charge < -0.3 is 10.6 Å². The Balaban J connectivity index is 1.82. The lowest BCUT2D eigenvalue weighted by Gasteiger charge is -2.16. The zero-order valence-corrected chi connectivity index (χ0v) is 14.8. The van der Waals surface area contributed by atoms with E-state index in [1.807, 2.05) is 0 Å². The Morgan fingerprint density at radius 1 is 1.12 bits per heavy atom. The van der Waals surface area contributed by atoms with E-state index in [0.29, 0.717) is 11.9 Å². The highest BCUT2D eigenvalue weighted by molar-refractivity contribution is 9.10. The second-order valence-electron chi connectivity index (χ2n) is 5.25. The van der Waals surface area contributed by atoms with Crippen LogP contribution in [0.2, 0.25) is 0 Å². The molecule has 0 aliphatic heterocycles. The third-order valence-electron chi connectivity index (χ3n) is 3.03. The molecule has 0 saturated heterocycles. The van der Waals surface area contributed by atoms with Gasteiger partial charge in [-0.1, -0.05) is 0 Å². The molecule has 2 N–H and O–H groups in total. The zero-order chi connectivity index (χ0) is 18.4. The minimum Gasteiger partial charge on any atom is -0.322 e. The molecule has 0 bridgehead atoms. The normalized spacial score (nSPS) is 10.6. The van der Waals surface area contributed by atoms with E-state index in [2.05, 4.69) is 31.5 Å². The number of likely N-dealkylation sites (N-methyl/N-ethyl adjacent to an activating group) is 1. The van der Waals surface area contributed by atoms with Crippen LogP contribution in [0.3, 0.4) is 0 Å². The Hall–Kier alpha value is -2.39. The van der Waals surface area contributed by atoms with Gasteiger partial charge in [0.05, 0.1) is 18.8 Å². The summed E-state index contributed by atoms with van der Waals surface area (Å²) in [5.74, 6) is -2.08. The van der Waals surface area contributed by atoms with Crippen LogP contribution in [0.15, 0.2) is 41.0 Å². The molecule has 2 rings (SSSR count). The molecule has 2 aromatic rings. The molecule has 0 saturated carbocycles. The van der Waals surface area contributed by atoms with Crippen LogP contribution in [-0.4, -0.2) is 41.8 Å². The minimum atomic E-state index is -0.866. The van der Waals surface area contributed by atoms with Gasteiger partial charge in [0.2, 0.25) is 11.8 Å². The Labute approximate surface area is 151 Å². The standard InChI is InChI=1S/C16H15BrF2N4O2/c1-23(9-16(25)22-14-5-2-10(17)7-20-14)8-15(24)21-13-4-3-11(18)6-12(13)19/h2-7H,8-9H2,1H3,(H,21,24)(H,20,22,25). The van der Waals surface area contributed by atoms with E-state index in [9.17, 15) is 18.4 Å². The van der Waals surface area contributed by atoms with Gasteiger partial charge in [0, 0.05) is 16.7 Å². The van der Waals surface area contributed by atoms with Crippen molar-refractivity contribution in [3.8, 4) is 0 Å².